The topological polar surface area (TPSA) is 20.2 Å². The monoisotopic (exact) mass is 186 g/mol. The van der Waals surface area contributed by atoms with E-state index in [0.717, 1.165) is 0 Å². The number of rotatable bonds is 0. The minimum Gasteiger partial charge on any atom is -0.392 e. The molecule has 0 saturated heterocycles. The fourth-order valence-corrected chi connectivity index (χ4v) is 3.96. The number of aliphatic hydroxyl groups is 1. The third-order valence-electron chi connectivity index (χ3n) is 4.76. The minimum absolute atomic E-state index is 0.179. The molecule has 70 valence electrons. The lowest BCUT2D eigenvalue weighted by atomic mass is 9.71. The summed E-state index contributed by atoms with van der Waals surface area (Å²) in [5, 5.41) is 10.1. The number of fused-ring (bicyclic) bond motifs is 2. The Kier molecular flexibility index (Phi) is 1.64. The average molecular weight is 186 g/mol. The second-order valence-electron chi connectivity index (χ2n) is 5.22. The van der Waals surface area contributed by atoms with Crippen molar-refractivity contribution >= 4 is 12.6 Å². The highest BCUT2D eigenvalue weighted by atomic mass is 32.1. The van der Waals surface area contributed by atoms with Gasteiger partial charge in [-0.1, -0.05) is 20.8 Å². The molecule has 0 unspecified atom stereocenters. The maximum absolute atomic E-state index is 9.91. The van der Waals surface area contributed by atoms with Gasteiger partial charge >= 0.3 is 0 Å². The summed E-state index contributed by atoms with van der Waals surface area (Å²) < 4.78 is 0. The summed E-state index contributed by atoms with van der Waals surface area (Å²) in [4.78, 5) is 0. The molecular weight excluding hydrogens is 168 g/mol. The number of hydrogen-bond acceptors (Lipinski definition) is 2. The molecule has 2 fully saturated rings. The zero-order valence-corrected chi connectivity index (χ0v) is 8.94. The Morgan fingerprint density at radius 2 is 1.92 bits per heavy atom. The Morgan fingerprint density at radius 1 is 1.33 bits per heavy atom. The van der Waals surface area contributed by atoms with Crippen LogP contribution < -0.4 is 0 Å². The maximum atomic E-state index is 9.91. The van der Waals surface area contributed by atoms with Crippen LogP contribution in [0.15, 0.2) is 0 Å². The van der Waals surface area contributed by atoms with Crippen molar-refractivity contribution in [1.82, 2.24) is 0 Å². The number of hydrogen-bond donors (Lipinski definition) is 2. The van der Waals surface area contributed by atoms with E-state index in [1.54, 1.807) is 0 Å². The summed E-state index contributed by atoms with van der Waals surface area (Å²) in [7, 11) is 0. The first-order valence-corrected chi connectivity index (χ1v) is 5.29. The van der Waals surface area contributed by atoms with Crippen LogP contribution in [0.5, 0.6) is 0 Å². The van der Waals surface area contributed by atoms with Crippen LogP contribution in [0.25, 0.3) is 0 Å². The predicted molar refractivity (Wildman–Crippen MR) is 53.4 cm³/mol. The zero-order chi connectivity index (χ0) is 9.15. The van der Waals surface area contributed by atoms with E-state index in [1.807, 2.05) is 0 Å². The van der Waals surface area contributed by atoms with E-state index < -0.39 is 0 Å². The summed E-state index contributed by atoms with van der Waals surface area (Å²) in [5.74, 6) is 0.477. The van der Waals surface area contributed by atoms with Crippen LogP contribution in [0, 0.1) is 16.7 Å². The van der Waals surface area contributed by atoms with Crippen molar-refractivity contribution in [2.45, 2.75) is 45.0 Å². The first kappa shape index (κ1) is 8.89. The molecule has 12 heavy (non-hydrogen) atoms. The molecular formula is C10H18OS. The van der Waals surface area contributed by atoms with E-state index in [-0.39, 0.29) is 22.2 Å². The molecule has 0 amide bonds. The van der Waals surface area contributed by atoms with E-state index in [2.05, 4.69) is 33.4 Å². The molecule has 0 aromatic rings. The summed E-state index contributed by atoms with van der Waals surface area (Å²) in [6.07, 6.45) is 2.24. The van der Waals surface area contributed by atoms with Crippen LogP contribution in [-0.2, 0) is 0 Å². The normalized spacial score (nSPS) is 56.2. The Labute approximate surface area is 80.0 Å². The molecule has 2 rings (SSSR count). The van der Waals surface area contributed by atoms with E-state index >= 15 is 0 Å². The molecule has 0 aromatic heterocycles. The van der Waals surface area contributed by atoms with E-state index in [4.69, 9.17) is 0 Å². The van der Waals surface area contributed by atoms with Gasteiger partial charge in [-0.3, -0.25) is 0 Å². The van der Waals surface area contributed by atoms with Crippen molar-refractivity contribution in [3.63, 3.8) is 0 Å². The van der Waals surface area contributed by atoms with Gasteiger partial charge < -0.3 is 5.11 Å². The van der Waals surface area contributed by atoms with Gasteiger partial charge in [-0.2, -0.15) is 12.6 Å². The van der Waals surface area contributed by atoms with Crippen LogP contribution in [0.3, 0.4) is 0 Å². The van der Waals surface area contributed by atoms with Crippen molar-refractivity contribution in [3.05, 3.63) is 0 Å². The fourth-order valence-electron chi connectivity index (χ4n) is 3.29. The lowest BCUT2D eigenvalue weighted by Gasteiger charge is -2.37. The van der Waals surface area contributed by atoms with Crippen LogP contribution in [-0.4, -0.2) is 16.5 Å². The largest absolute Gasteiger partial charge is 0.392 e. The van der Waals surface area contributed by atoms with Crippen LogP contribution in [0.4, 0.5) is 0 Å². The highest BCUT2D eigenvalue weighted by Crippen LogP contribution is 2.66. The first-order chi connectivity index (χ1) is 5.41. The Balaban J connectivity index is 2.44. The van der Waals surface area contributed by atoms with E-state index in [0.29, 0.717) is 5.92 Å². The van der Waals surface area contributed by atoms with Gasteiger partial charge in [0.15, 0.2) is 0 Å². The molecule has 4 atom stereocenters. The van der Waals surface area contributed by atoms with Gasteiger partial charge in [0.1, 0.15) is 0 Å². The molecule has 0 aliphatic heterocycles. The van der Waals surface area contributed by atoms with Gasteiger partial charge in [-0.15, -0.1) is 0 Å². The summed E-state index contributed by atoms with van der Waals surface area (Å²) >= 11 is 4.54. The van der Waals surface area contributed by atoms with Gasteiger partial charge in [0, 0.05) is 5.25 Å². The van der Waals surface area contributed by atoms with Gasteiger partial charge in [0.2, 0.25) is 0 Å². The molecule has 2 aliphatic carbocycles. The van der Waals surface area contributed by atoms with Gasteiger partial charge in [0.25, 0.3) is 0 Å². The predicted octanol–water partition coefficient (Wildman–Crippen LogP) is 2.10. The smallest absolute Gasteiger partial charge is 0.0695 e. The van der Waals surface area contributed by atoms with Gasteiger partial charge in [-0.05, 0) is 29.6 Å². The van der Waals surface area contributed by atoms with Crippen LogP contribution in [0.2, 0.25) is 0 Å². The molecule has 1 N–H and O–H groups in total. The number of thiol groups is 1. The van der Waals surface area contributed by atoms with Crippen molar-refractivity contribution in [3.8, 4) is 0 Å². The highest BCUT2D eigenvalue weighted by Gasteiger charge is 2.64. The lowest BCUT2D eigenvalue weighted by molar-refractivity contribution is 0.0986. The van der Waals surface area contributed by atoms with Gasteiger partial charge in [-0.25, -0.2) is 0 Å². The Bertz CT molecular complexity index is 214. The summed E-state index contributed by atoms with van der Waals surface area (Å²) in [6.45, 7) is 6.84. The quantitative estimate of drug-likeness (QED) is 0.555. The molecule has 2 heteroatoms. The standard InChI is InChI=1S/C10H18OS/c1-9(2)6-4-5-10(9,3)8(12)7(6)11/h6-8,11-12H,4-5H2,1-3H3/t6-,7-,8+,10-/m0/s1. The zero-order valence-electron chi connectivity index (χ0n) is 8.04. The van der Waals surface area contributed by atoms with Gasteiger partial charge in [0.05, 0.1) is 6.10 Å². The van der Waals surface area contributed by atoms with E-state index in [9.17, 15) is 5.11 Å². The van der Waals surface area contributed by atoms with E-state index in [1.165, 1.54) is 12.8 Å². The Morgan fingerprint density at radius 3 is 2.17 bits per heavy atom. The third kappa shape index (κ3) is 0.717. The van der Waals surface area contributed by atoms with Crippen LogP contribution >= 0.6 is 12.6 Å². The fraction of sp³-hybridized carbons (Fsp3) is 1.00. The third-order valence-corrected chi connectivity index (χ3v) is 5.64. The Hall–Kier alpha value is 0.310. The van der Waals surface area contributed by atoms with Crippen molar-refractivity contribution in [2.24, 2.45) is 16.7 Å². The molecule has 0 heterocycles. The molecule has 2 aliphatic rings. The minimum atomic E-state index is -0.179. The number of aliphatic hydroxyl groups excluding tert-OH is 1. The summed E-state index contributed by atoms with van der Waals surface area (Å²) in [5.41, 5.74) is 0.527. The highest BCUT2D eigenvalue weighted by molar-refractivity contribution is 7.81. The second kappa shape index (κ2) is 2.21. The molecule has 2 saturated carbocycles. The van der Waals surface area contributed by atoms with Crippen LogP contribution in [0.1, 0.15) is 33.6 Å². The van der Waals surface area contributed by atoms with Crippen molar-refractivity contribution in [1.29, 1.82) is 0 Å². The van der Waals surface area contributed by atoms with Crippen molar-refractivity contribution < 1.29 is 5.11 Å². The molecule has 0 spiro atoms. The molecule has 0 radical (unpaired) electrons. The lowest BCUT2D eigenvalue weighted by Crippen LogP contribution is -2.35. The SMILES string of the molecule is CC1(C)[C@H]2CC[C@@]1(C)[C@H](S)[C@H]2O. The molecule has 1 nitrogen and oxygen atoms in total. The molecule has 0 aromatic carbocycles. The average Bonchev–Trinajstić information content (AvgIpc) is 2.26. The molecule has 2 bridgehead atoms. The van der Waals surface area contributed by atoms with Crippen molar-refractivity contribution in [2.75, 3.05) is 0 Å². The summed E-state index contributed by atoms with van der Waals surface area (Å²) in [6, 6.07) is 0. The second-order valence-corrected chi connectivity index (χ2v) is 5.78. The maximum Gasteiger partial charge on any atom is 0.0695 e. The first-order valence-electron chi connectivity index (χ1n) is 4.77.